The maximum atomic E-state index is 12.2. The molecule has 0 atom stereocenters. The maximum Gasteiger partial charge on any atom is 0.250 e. The number of piperidine rings is 1. The SMILES string of the molecule is O=S(=O)(NCc1ccnc(N2CCCCC2)n1)c1ccc(Cl)s1. The van der Waals surface area contributed by atoms with E-state index in [0.717, 1.165) is 37.3 Å². The van der Waals surface area contributed by atoms with Crippen LogP contribution in [-0.2, 0) is 16.6 Å². The van der Waals surface area contributed by atoms with E-state index >= 15 is 0 Å². The highest BCUT2D eigenvalue weighted by Gasteiger charge is 2.17. The average molecular weight is 373 g/mol. The maximum absolute atomic E-state index is 12.2. The Labute approximate surface area is 144 Å². The summed E-state index contributed by atoms with van der Waals surface area (Å²) in [6.45, 7) is 2.02. The van der Waals surface area contributed by atoms with Crippen molar-refractivity contribution in [3.63, 3.8) is 0 Å². The van der Waals surface area contributed by atoms with E-state index in [1.165, 1.54) is 12.5 Å². The quantitative estimate of drug-likeness (QED) is 0.873. The molecule has 0 aromatic carbocycles. The van der Waals surface area contributed by atoms with Crippen molar-refractivity contribution in [2.45, 2.75) is 30.0 Å². The van der Waals surface area contributed by atoms with E-state index in [1.54, 1.807) is 18.3 Å². The normalized spacial score (nSPS) is 15.8. The Kier molecular flexibility index (Phi) is 5.15. The molecule has 0 radical (unpaired) electrons. The predicted molar refractivity (Wildman–Crippen MR) is 91.5 cm³/mol. The van der Waals surface area contributed by atoms with E-state index in [-0.39, 0.29) is 10.8 Å². The largest absolute Gasteiger partial charge is 0.341 e. The van der Waals surface area contributed by atoms with Gasteiger partial charge >= 0.3 is 0 Å². The van der Waals surface area contributed by atoms with Crippen LogP contribution in [0.15, 0.2) is 28.6 Å². The molecule has 0 bridgehead atoms. The van der Waals surface area contributed by atoms with Crippen molar-refractivity contribution in [1.82, 2.24) is 14.7 Å². The summed E-state index contributed by atoms with van der Waals surface area (Å²) in [6.07, 6.45) is 5.18. The summed E-state index contributed by atoms with van der Waals surface area (Å²) in [6, 6.07) is 4.78. The van der Waals surface area contributed by atoms with Crippen LogP contribution < -0.4 is 9.62 Å². The number of rotatable bonds is 5. The lowest BCUT2D eigenvalue weighted by atomic mass is 10.1. The first-order valence-corrected chi connectivity index (χ1v) is 10.0. The summed E-state index contributed by atoms with van der Waals surface area (Å²) in [4.78, 5) is 10.9. The second-order valence-corrected chi connectivity index (χ2v) is 8.99. The molecule has 0 amide bonds. The van der Waals surface area contributed by atoms with Crippen molar-refractivity contribution in [3.05, 3.63) is 34.4 Å². The molecule has 2 aromatic heterocycles. The van der Waals surface area contributed by atoms with Gasteiger partial charge in [0.1, 0.15) is 4.21 Å². The number of anilines is 1. The van der Waals surface area contributed by atoms with E-state index < -0.39 is 10.0 Å². The number of hydrogen-bond donors (Lipinski definition) is 1. The van der Waals surface area contributed by atoms with E-state index in [1.807, 2.05) is 0 Å². The van der Waals surface area contributed by atoms with Crippen LogP contribution in [0.3, 0.4) is 0 Å². The Morgan fingerprint density at radius 3 is 2.70 bits per heavy atom. The first-order valence-electron chi connectivity index (χ1n) is 7.36. The van der Waals surface area contributed by atoms with Crippen LogP contribution in [0.4, 0.5) is 5.95 Å². The monoisotopic (exact) mass is 372 g/mol. The molecule has 1 fully saturated rings. The number of nitrogens with one attached hydrogen (secondary N) is 1. The standard InChI is InChI=1S/C14H17ClN4O2S2/c15-12-4-5-13(22-12)23(20,21)17-10-11-6-7-16-14(18-11)19-8-2-1-3-9-19/h4-7,17H,1-3,8-10H2. The number of thiophene rings is 1. The topological polar surface area (TPSA) is 75.2 Å². The van der Waals surface area contributed by atoms with Gasteiger partial charge in [0.25, 0.3) is 0 Å². The van der Waals surface area contributed by atoms with Gasteiger partial charge in [0.05, 0.1) is 16.6 Å². The minimum atomic E-state index is -3.57. The number of aromatic nitrogens is 2. The molecular weight excluding hydrogens is 356 g/mol. The molecule has 1 aliphatic heterocycles. The summed E-state index contributed by atoms with van der Waals surface area (Å²) in [5.74, 6) is 0.667. The van der Waals surface area contributed by atoms with Crippen molar-refractivity contribution in [2.75, 3.05) is 18.0 Å². The van der Waals surface area contributed by atoms with Gasteiger partial charge in [-0.15, -0.1) is 11.3 Å². The molecule has 23 heavy (non-hydrogen) atoms. The molecule has 3 heterocycles. The summed E-state index contributed by atoms with van der Waals surface area (Å²) >= 11 is 6.82. The zero-order chi connectivity index (χ0) is 16.3. The first-order chi connectivity index (χ1) is 11.0. The molecule has 2 aromatic rings. The van der Waals surface area contributed by atoms with Crippen LogP contribution in [-0.4, -0.2) is 31.5 Å². The lowest BCUT2D eigenvalue weighted by molar-refractivity contribution is 0.566. The van der Waals surface area contributed by atoms with Crippen molar-refractivity contribution in [3.8, 4) is 0 Å². The van der Waals surface area contributed by atoms with Crippen LogP contribution in [0.5, 0.6) is 0 Å². The lowest BCUT2D eigenvalue weighted by Crippen LogP contribution is -2.31. The highest BCUT2D eigenvalue weighted by atomic mass is 35.5. The summed E-state index contributed by atoms with van der Waals surface area (Å²) in [5, 5.41) is 0. The Bertz CT molecular complexity index is 773. The fourth-order valence-corrected chi connectivity index (χ4v) is 4.94. The number of sulfonamides is 1. The predicted octanol–water partition coefficient (Wildman–Crippen LogP) is 2.66. The average Bonchev–Trinajstić information content (AvgIpc) is 3.02. The van der Waals surface area contributed by atoms with E-state index in [4.69, 9.17) is 11.6 Å². The van der Waals surface area contributed by atoms with Crippen LogP contribution in [0.2, 0.25) is 4.34 Å². The molecular formula is C14H17ClN4O2S2. The van der Waals surface area contributed by atoms with Gasteiger partial charge in [0.2, 0.25) is 16.0 Å². The fraction of sp³-hybridized carbons (Fsp3) is 0.429. The van der Waals surface area contributed by atoms with Crippen LogP contribution >= 0.6 is 22.9 Å². The molecule has 1 aliphatic rings. The lowest BCUT2D eigenvalue weighted by Gasteiger charge is -2.26. The zero-order valence-electron chi connectivity index (χ0n) is 12.4. The summed E-state index contributed by atoms with van der Waals surface area (Å²) in [5.41, 5.74) is 0.645. The smallest absolute Gasteiger partial charge is 0.250 e. The summed E-state index contributed by atoms with van der Waals surface area (Å²) < 4.78 is 27.6. The number of hydrogen-bond acceptors (Lipinski definition) is 6. The van der Waals surface area contributed by atoms with E-state index in [2.05, 4.69) is 19.6 Å². The molecule has 0 unspecified atom stereocenters. The highest BCUT2D eigenvalue weighted by molar-refractivity contribution is 7.91. The molecule has 9 heteroatoms. The molecule has 3 rings (SSSR count). The van der Waals surface area contributed by atoms with E-state index in [9.17, 15) is 8.42 Å². The van der Waals surface area contributed by atoms with Gasteiger partial charge in [-0.3, -0.25) is 0 Å². The first kappa shape index (κ1) is 16.6. The van der Waals surface area contributed by atoms with Crippen molar-refractivity contribution >= 4 is 38.9 Å². The second-order valence-electron chi connectivity index (χ2n) is 5.28. The number of halogens is 1. The van der Waals surface area contributed by atoms with E-state index in [0.29, 0.717) is 16.0 Å². The van der Waals surface area contributed by atoms with Crippen LogP contribution in [0.1, 0.15) is 25.0 Å². The third-order valence-corrected chi connectivity index (χ3v) is 6.72. The number of nitrogens with zero attached hydrogens (tertiary/aromatic N) is 3. The van der Waals surface area contributed by atoms with Crippen molar-refractivity contribution in [1.29, 1.82) is 0 Å². The Morgan fingerprint density at radius 1 is 1.22 bits per heavy atom. The van der Waals surface area contributed by atoms with Crippen LogP contribution in [0, 0.1) is 0 Å². The molecule has 0 saturated carbocycles. The Morgan fingerprint density at radius 2 is 2.00 bits per heavy atom. The Hall–Kier alpha value is -1.22. The third kappa shape index (κ3) is 4.20. The van der Waals surface area contributed by atoms with Gasteiger partial charge in [-0.25, -0.2) is 23.1 Å². The fourth-order valence-electron chi connectivity index (χ4n) is 2.41. The molecule has 0 aliphatic carbocycles. The van der Waals surface area contributed by atoms with Gasteiger partial charge in [-0.1, -0.05) is 11.6 Å². The highest BCUT2D eigenvalue weighted by Crippen LogP contribution is 2.25. The van der Waals surface area contributed by atoms with Gasteiger partial charge < -0.3 is 4.90 Å². The molecule has 1 N–H and O–H groups in total. The molecule has 0 spiro atoms. The van der Waals surface area contributed by atoms with Gasteiger partial charge in [0, 0.05) is 19.3 Å². The molecule has 124 valence electrons. The molecule has 6 nitrogen and oxygen atoms in total. The van der Waals surface area contributed by atoms with Crippen molar-refractivity contribution in [2.24, 2.45) is 0 Å². The van der Waals surface area contributed by atoms with Gasteiger partial charge in [-0.2, -0.15) is 0 Å². The minimum absolute atomic E-state index is 0.126. The third-order valence-electron chi connectivity index (χ3n) is 3.60. The zero-order valence-corrected chi connectivity index (χ0v) is 14.8. The molecule has 1 saturated heterocycles. The Balaban J connectivity index is 1.68. The van der Waals surface area contributed by atoms with Gasteiger partial charge in [0.15, 0.2) is 0 Å². The summed E-state index contributed by atoms with van der Waals surface area (Å²) in [7, 11) is -3.57. The van der Waals surface area contributed by atoms with Crippen LogP contribution in [0.25, 0.3) is 0 Å². The second kappa shape index (κ2) is 7.12. The minimum Gasteiger partial charge on any atom is -0.341 e. The van der Waals surface area contributed by atoms with Gasteiger partial charge in [-0.05, 0) is 37.5 Å². The van der Waals surface area contributed by atoms with Crippen molar-refractivity contribution < 1.29 is 8.42 Å².